The second-order valence-corrected chi connectivity index (χ2v) is 4.47. The van der Waals surface area contributed by atoms with Crippen molar-refractivity contribution in [3.8, 4) is 0 Å². The molecule has 1 aromatic rings. The molecule has 1 rings (SSSR count). The molecule has 0 aliphatic rings. The number of rotatable bonds is 1. The van der Waals surface area contributed by atoms with E-state index in [2.05, 4.69) is 5.16 Å². The lowest BCUT2D eigenvalue weighted by molar-refractivity contribution is 0.320. The molecule has 0 bridgehead atoms. The van der Waals surface area contributed by atoms with Crippen molar-refractivity contribution in [1.29, 1.82) is 0 Å². The lowest BCUT2D eigenvalue weighted by atomic mass is 10.2. The number of hydrogen-bond acceptors (Lipinski definition) is 4. The molecule has 0 heterocycles. The molecule has 1 aromatic carbocycles. The summed E-state index contributed by atoms with van der Waals surface area (Å²) in [5.74, 6) is 0. The van der Waals surface area contributed by atoms with Crippen LogP contribution in [0.15, 0.2) is 35.5 Å². The molecule has 0 saturated carbocycles. The van der Waals surface area contributed by atoms with Crippen LogP contribution in [0.4, 0.5) is 0 Å². The van der Waals surface area contributed by atoms with Gasteiger partial charge in [-0.3, -0.25) is 0 Å². The zero-order chi connectivity index (χ0) is 9.90. The SMILES string of the molecule is CS(=O)(=O)C(=NO)c1ccccc1. The van der Waals surface area contributed by atoms with E-state index in [1.54, 1.807) is 30.3 Å². The number of hydrogen-bond donors (Lipinski definition) is 1. The van der Waals surface area contributed by atoms with Crippen LogP contribution in [0.5, 0.6) is 0 Å². The average molecular weight is 199 g/mol. The van der Waals surface area contributed by atoms with Crippen molar-refractivity contribution in [2.45, 2.75) is 0 Å². The lowest BCUT2D eigenvalue weighted by Crippen LogP contribution is -2.14. The molecule has 0 fully saturated rings. The van der Waals surface area contributed by atoms with E-state index in [1.165, 1.54) is 0 Å². The van der Waals surface area contributed by atoms with Gasteiger partial charge in [0.15, 0.2) is 9.84 Å². The molecule has 13 heavy (non-hydrogen) atoms. The van der Waals surface area contributed by atoms with Gasteiger partial charge in [0.25, 0.3) is 0 Å². The third kappa shape index (κ3) is 2.29. The molecule has 0 unspecified atom stereocenters. The van der Waals surface area contributed by atoms with E-state index in [-0.39, 0.29) is 5.04 Å². The smallest absolute Gasteiger partial charge is 0.201 e. The number of benzene rings is 1. The van der Waals surface area contributed by atoms with E-state index < -0.39 is 9.84 Å². The van der Waals surface area contributed by atoms with Crippen LogP contribution in [0.25, 0.3) is 0 Å². The monoisotopic (exact) mass is 199 g/mol. The van der Waals surface area contributed by atoms with Crippen LogP contribution < -0.4 is 0 Å². The van der Waals surface area contributed by atoms with E-state index in [0.29, 0.717) is 5.56 Å². The molecule has 1 N–H and O–H groups in total. The van der Waals surface area contributed by atoms with Gasteiger partial charge in [0.05, 0.1) is 0 Å². The normalized spacial score (nSPS) is 12.8. The molecule has 0 aliphatic heterocycles. The first-order valence-electron chi connectivity index (χ1n) is 3.53. The van der Waals surface area contributed by atoms with Crippen LogP contribution >= 0.6 is 0 Å². The summed E-state index contributed by atoms with van der Waals surface area (Å²) in [6, 6.07) is 8.23. The summed E-state index contributed by atoms with van der Waals surface area (Å²) in [5, 5.41) is 11.0. The molecule has 0 spiro atoms. The Morgan fingerprint density at radius 2 is 1.85 bits per heavy atom. The number of sulfone groups is 1. The van der Waals surface area contributed by atoms with Gasteiger partial charge in [0.2, 0.25) is 5.04 Å². The lowest BCUT2D eigenvalue weighted by Gasteiger charge is -2.00. The molecule has 0 saturated heterocycles. The van der Waals surface area contributed by atoms with Gasteiger partial charge in [0, 0.05) is 11.8 Å². The average Bonchev–Trinajstić information content (AvgIpc) is 2.05. The minimum atomic E-state index is -3.47. The Labute approximate surface area is 76.4 Å². The van der Waals surface area contributed by atoms with Gasteiger partial charge in [-0.2, -0.15) is 0 Å². The Kier molecular flexibility index (Phi) is 2.67. The molecular formula is C8H9NO3S. The molecule has 0 radical (unpaired) electrons. The van der Waals surface area contributed by atoms with Crippen LogP contribution in [0.2, 0.25) is 0 Å². The highest BCUT2D eigenvalue weighted by Gasteiger charge is 2.15. The molecule has 0 aromatic heterocycles. The second kappa shape index (κ2) is 3.57. The standard InChI is InChI=1S/C8H9NO3S/c1-13(11,12)8(9-10)7-5-3-2-4-6-7/h2-6,10H,1H3. The fourth-order valence-electron chi connectivity index (χ4n) is 0.927. The Morgan fingerprint density at radius 3 is 2.23 bits per heavy atom. The van der Waals surface area contributed by atoms with Gasteiger partial charge < -0.3 is 5.21 Å². The zero-order valence-corrected chi connectivity index (χ0v) is 7.82. The second-order valence-electron chi connectivity index (χ2n) is 2.54. The van der Waals surface area contributed by atoms with Crippen LogP contribution in [-0.2, 0) is 9.84 Å². The first kappa shape index (κ1) is 9.73. The molecular weight excluding hydrogens is 190 g/mol. The van der Waals surface area contributed by atoms with Crippen molar-refractivity contribution in [3.63, 3.8) is 0 Å². The third-order valence-corrected chi connectivity index (χ3v) is 2.48. The van der Waals surface area contributed by atoms with Gasteiger partial charge >= 0.3 is 0 Å². The Morgan fingerprint density at radius 1 is 1.31 bits per heavy atom. The van der Waals surface area contributed by atoms with E-state index in [9.17, 15) is 8.42 Å². The van der Waals surface area contributed by atoms with Crippen LogP contribution in [0, 0.1) is 0 Å². The minimum absolute atomic E-state index is 0.312. The summed E-state index contributed by atoms with van der Waals surface area (Å²) in [5.41, 5.74) is 0.382. The van der Waals surface area contributed by atoms with E-state index >= 15 is 0 Å². The summed E-state index contributed by atoms with van der Waals surface area (Å²) < 4.78 is 22.1. The van der Waals surface area contributed by atoms with Crippen molar-refractivity contribution >= 4 is 14.9 Å². The first-order valence-corrected chi connectivity index (χ1v) is 5.42. The first-order chi connectivity index (χ1) is 6.05. The van der Waals surface area contributed by atoms with E-state index in [4.69, 9.17) is 5.21 Å². The van der Waals surface area contributed by atoms with Crippen LogP contribution in [-0.4, -0.2) is 24.9 Å². The Hall–Kier alpha value is -1.36. The maximum Gasteiger partial charge on any atom is 0.201 e. The molecule has 0 aliphatic carbocycles. The fraction of sp³-hybridized carbons (Fsp3) is 0.125. The van der Waals surface area contributed by atoms with Crippen molar-refractivity contribution in [2.24, 2.45) is 5.16 Å². The molecule has 4 nitrogen and oxygen atoms in total. The summed E-state index contributed by atoms with van der Waals surface area (Å²) in [4.78, 5) is 0. The minimum Gasteiger partial charge on any atom is -0.410 e. The summed E-state index contributed by atoms with van der Waals surface area (Å²) in [6.07, 6.45) is 0.995. The van der Waals surface area contributed by atoms with Gasteiger partial charge in [-0.05, 0) is 0 Å². The van der Waals surface area contributed by atoms with Gasteiger partial charge in [-0.1, -0.05) is 35.5 Å². The predicted molar refractivity (Wildman–Crippen MR) is 49.6 cm³/mol. The Balaban J connectivity index is 3.23. The molecule has 0 amide bonds. The summed E-state index contributed by atoms with van der Waals surface area (Å²) in [6.45, 7) is 0. The van der Waals surface area contributed by atoms with Gasteiger partial charge in [-0.15, -0.1) is 0 Å². The fourth-order valence-corrected chi connectivity index (χ4v) is 1.64. The molecule has 0 atom stereocenters. The topological polar surface area (TPSA) is 66.7 Å². The molecule has 5 heteroatoms. The molecule has 70 valence electrons. The largest absolute Gasteiger partial charge is 0.410 e. The van der Waals surface area contributed by atoms with Crippen molar-refractivity contribution in [1.82, 2.24) is 0 Å². The highest BCUT2D eigenvalue weighted by molar-refractivity contribution is 8.06. The van der Waals surface area contributed by atoms with Crippen molar-refractivity contribution < 1.29 is 13.6 Å². The number of nitrogens with zero attached hydrogens (tertiary/aromatic N) is 1. The maximum absolute atomic E-state index is 11.1. The summed E-state index contributed by atoms with van der Waals surface area (Å²) >= 11 is 0. The summed E-state index contributed by atoms with van der Waals surface area (Å²) in [7, 11) is -3.47. The quantitative estimate of drug-likeness (QED) is 0.316. The van der Waals surface area contributed by atoms with Gasteiger partial charge in [0.1, 0.15) is 0 Å². The predicted octanol–water partition coefficient (Wildman–Crippen LogP) is 0.867. The van der Waals surface area contributed by atoms with E-state index in [1.807, 2.05) is 0 Å². The third-order valence-electron chi connectivity index (χ3n) is 1.46. The van der Waals surface area contributed by atoms with E-state index in [0.717, 1.165) is 6.26 Å². The zero-order valence-electron chi connectivity index (χ0n) is 7.01. The van der Waals surface area contributed by atoms with Crippen LogP contribution in [0.1, 0.15) is 5.56 Å². The maximum atomic E-state index is 11.1. The Bertz CT molecular complexity index is 408. The highest BCUT2D eigenvalue weighted by Crippen LogP contribution is 2.05. The van der Waals surface area contributed by atoms with Crippen LogP contribution in [0.3, 0.4) is 0 Å². The highest BCUT2D eigenvalue weighted by atomic mass is 32.2. The van der Waals surface area contributed by atoms with Crippen molar-refractivity contribution in [2.75, 3.05) is 6.26 Å². The van der Waals surface area contributed by atoms with Crippen molar-refractivity contribution in [3.05, 3.63) is 35.9 Å². The van der Waals surface area contributed by atoms with Gasteiger partial charge in [-0.25, -0.2) is 8.42 Å². The number of oxime groups is 1.